The van der Waals surface area contributed by atoms with Crippen LogP contribution in [0.3, 0.4) is 0 Å². The van der Waals surface area contributed by atoms with Crippen LogP contribution in [0.15, 0.2) is 48.9 Å². The second-order valence-electron chi connectivity index (χ2n) is 4.46. The maximum atomic E-state index is 5.55. The van der Waals surface area contributed by atoms with E-state index >= 15 is 0 Å². The van der Waals surface area contributed by atoms with E-state index in [-0.39, 0.29) is 6.10 Å². The van der Waals surface area contributed by atoms with Crippen molar-refractivity contribution in [1.29, 1.82) is 0 Å². The van der Waals surface area contributed by atoms with Crippen LogP contribution in [0.4, 0.5) is 5.69 Å². The lowest BCUT2D eigenvalue weighted by atomic mass is 10.1. The van der Waals surface area contributed by atoms with Gasteiger partial charge in [0.15, 0.2) is 0 Å². The van der Waals surface area contributed by atoms with Crippen molar-refractivity contribution in [3.63, 3.8) is 0 Å². The Balaban J connectivity index is 1.76. The second kappa shape index (κ2) is 5.08. The average Bonchev–Trinajstić information content (AvgIpc) is 2.46. The molecule has 1 aliphatic rings. The van der Waals surface area contributed by atoms with Gasteiger partial charge in [-0.3, -0.25) is 4.98 Å². The first-order valence-electron chi connectivity index (χ1n) is 6.31. The van der Waals surface area contributed by atoms with Crippen molar-refractivity contribution in [3.8, 4) is 0 Å². The molecule has 3 heteroatoms. The third kappa shape index (κ3) is 2.30. The summed E-state index contributed by atoms with van der Waals surface area (Å²) in [6.45, 7) is 0.832. The SMILES string of the molecule is C1=COC(CNc2cccc3ncccc23)CC1. The number of anilines is 1. The van der Waals surface area contributed by atoms with Crippen molar-refractivity contribution in [2.45, 2.75) is 18.9 Å². The van der Waals surface area contributed by atoms with Crippen LogP contribution < -0.4 is 5.32 Å². The number of allylic oxidation sites excluding steroid dienone is 1. The first-order valence-corrected chi connectivity index (χ1v) is 6.31. The van der Waals surface area contributed by atoms with Crippen LogP contribution in [0.2, 0.25) is 0 Å². The van der Waals surface area contributed by atoms with Gasteiger partial charge < -0.3 is 10.1 Å². The molecule has 0 aliphatic carbocycles. The molecule has 18 heavy (non-hydrogen) atoms. The molecular formula is C15H16N2O. The monoisotopic (exact) mass is 240 g/mol. The number of pyridine rings is 1. The number of aromatic nitrogens is 1. The van der Waals surface area contributed by atoms with Gasteiger partial charge in [0.25, 0.3) is 0 Å². The van der Waals surface area contributed by atoms with Crippen molar-refractivity contribution < 1.29 is 4.74 Å². The molecular weight excluding hydrogens is 224 g/mol. The van der Waals surface area contributed by atoms with Gasteiger partial charge in [0.2, 0.25) is 0 Å². The normalized spacial score (nSPS) is 18.6. The first-order chi connectivity index (χ1) is 8.93. The summed E-state index contributed by atoms with van der Waals surface area (Å²) in [6.07, 6.45) is 8.14. The third-order valence-corrected chi connectivity index (χ3v) is 3.19. The van der Waals surface area contributed by atoms with E-state index in [1.807, 2.05) is 24.4 Å². The lowest BCUT2D eigenvalue weighted by molar-refractivity contribution is 0.135. The van der Waals surface area contributed by atoms with E-state index in [1.165, 1.54) is 0 Å². The highest BCUT2D eigenvalue weighted by molar-refractivity contribution is 5.91. The minimum absolute atomic E-state index is 0.266. The van der Waals surface area contributed by atoms with Gasteiger partial charge >= 0.3 is 0 Å². The Morgan fingerprint density at radius 3 is 3.17 bits per heavy atom. The molecule has 1 unspecified atom stereocenters. The first kappa shape index (κ1) is 11.1. The summed E-state index contributed by atoms with van der Waals surface area (Å²) in [5.74, 6) is 0. The highest BCUT2D eigenvalue weighted by atomic mass is 16.5. The number of nitrogens with zero attached hydrogens (tertiary/aromatic N) is 1. The van der Waals surface area contributed by atoms with Crippen molar-refractivity contribution in [2.24, 2.45) is 0 Å². The highest BCUT2D eigenvalue weighted by Gasteiger charge is 2.11. The van der Waals surface area contributed by atoms with Gasteiger partial charge in [-0.15, -0.1) is 0 Å². The Bertz CT molecular complexity index is 560. The molecule has 1 aromatic heterocycles. The summed E-state index contributed by atoms with van der Waals surface area (Å²) in [5, 5.41) is 4.62. The number of ether oxygens (including phenoxy) is 1. The zero-order chi connectivity index (χ0) is 12.2. The van der Waals surface area contributed by atoms with Gasteiger partial charge in [-0.05, 0) is 43.2 Å². The number of fused-ring (bicyclic) bond motifs is 1. The Morgan fingerprint density at radius 1 is 1.28 bits per heavy atom. The van der Waals surface area contributed by atoms with E-state index in [4.69, 9.17) is 4.74 Å². The predicted molar refractivity (Wildman–Crippen MR) is 73.5 cm³/mol. The lowest BCUT2D eigenvalue weighted by Gasteiger charge is -2.20. The largest absolute Gasteiger partial charge is 0.497 e. The summed E-state index contributed by atoms with van der Waals surface area (Å²) >= 11 is 0. The van der Waals surface area contributed by atoms with Gasteiger partial charge in [-0.1, -0.05) is 6.07 Å². The predicted octanol–water partition coefficient (Wildman–Crippen LogP) is 3.34. The summed E-state index contributed by atoms with van der Waals surface area (Å²) in [6, 6.07) is 10.2. The Hall–Kier alpha value is -2.03. The molecule has 0 amide bonds. The van der Waals surface area contributed by atoms with Gasteiger partial charge in [0.1, 0.15) is 6.10 Å². The molecule has 0 fully saturated rings. The minimum Gasteiger partial charge on any atom is -0.497 e. The quantitative estimate of drug-likeness (QED) is 0.893. The zero-order valence-corrected chi connectivity index (χ0v) is 10.2. The highest BCUT2D eigenvalue weighted by Crippen LogP contribution is 2.21. The number of rotatable bonds is 3. The van der Waals surface area contributed by atoms with Crippen molar-refractivity contribution >= 4 is 16.6 Å². The van der Waals surface area contributed by atoms with Gasteiger partial charge in [-0.2, -0.15) is 0 Å². The number of benzene rings is 1. The van der Waals surface area contributed by atoms with Crippen LogP contribution in [0.1, 0.15) is 12.8 Å². The van der Waals surface area contributed by atoms with E-state index < -0.39 is 0 Å². The maximum Gasteiger partial charge on any atom is 0.115 e. The fraction of sp³-hybridized carbons (Fsp3) is 0.267. The molecule has 3 rings (SSSR count). The molecule has 0 saturated heterocycles. The second-order valence-corrected chi connectivity index (χ2v) is 4.46. The molecule has 2 aromatic rings. The average molecular weight is 240 g/mol. The summed E-state index contributed by atoms with van der Waals surface area (Å²) in [4.78, 5) is 4.35. The molecule has 0 bridgehead atoms. The third-order valence-electron chi connectivity index (χ3n) is 3.19. The smallest absolute Gasteiger partial charge is 0.115 e. The Labute approximate surface area is 106 Å². The molecule has 1 atom stereocenters. The molecule has 3 nitrogen and oxygen atoms in total. The molecule has 92 valence electrons. The van der Waals surface area contributed by atoms with Crippen molar-refractivity contribution in [2.75, 3.05) is 11.9 Å². The molecule has 0 radical (unpaired) electrons. The van der Waals surface area contributed by atoms with Crippen LogP contribution in [0.25, 0.3) is 10.9 Å². The van der Waals surface area contributed by atoms with Gasteiger partial charge in [0.05, 0.1) is 18.3 Å². The molecule has 0 saturated carbocycles. The van der Waals surface area contributed by atoms with Gasteiger partial charge in [-0.25, -0.2) is 0 Å². The van der Waals surface area contributed by atoms with Crippen LogP contribution in [-0.4, -0.2) is 17.6 Å². The van der Waals surface area contributed by atoms with E-state index in [1.54, 1.807) is 6.26 Å². The molecule has 1 aliphatic heterocycles. The zero-order valence-electron chi connectivity index (χ0n) is 10.2. The fourth-order valence-electron chi connectivity index (χ4n) is 2.22. The molecule has 0 spiro atoms. The topological polar surface area (TPSA) is 34.1 Å². The minimum atomic E-state index is 0.266. The van der Waals surface area contributed by atoms with E-state index in [2.05, 4.69) is 28.5 Å². The standard InChI is InChI=1S/C15H16N2O/c1-2-10-18-12(5-1)11-17-15-8-3-7-14-13(15)6-4-9-16-14/h2-4,6-10,12,17H,1,5,11H2. The summed E-state index contributed by atoms with van der Waals surface area (Å²) in [7, 11) is 0. The van der Waals surface area contributed by atoms with Crippen LogP contribution in [-0.2, 0) is 4.74 Å². The van der Waals surface area contributed by atoms with E-state index in [9.17, 15) is 0 Å². The molecule has 1 aromatic carbocycles. The van der Waals surface area contributed by atoms with Crippen LogP contribution in [0, 0.1) is 0 Å². The lowest BCUT2D eigenvalue weighted by Crippen LogP contribution is -2.23. The van der Waals surface area contributed by atoms with Crippen LogP contribution >= 0.6 is 0 Å². The van der Waals surface area contributed by atoms with Crippen molar-refractivity contribution in [3.05, 3.63) is 48.9 Å². The van der Waals surface area contributed by atoms with Crippen molar-refractivity contribution in [1.82, 2.24) is 4.98 Å². The molecule has 2 heterocycles. The number of hydrogen-bond acceptors (Lipinski definition) is 3. The summed E-state index contributed by atoms with van der Waals surface area (Å²) < 4.78 is 5.55. The van der Waals surface area contributed by atoms with E-state index in [0.29, 0.717) is 0 Å². The number of hydrogen-bond donors (Lipinski definition) is 1. The van der Waals surface area contributed by atoms with Crippen LogP contribution in [0.5, 0.6) is 0 Å². The molecule has 1 N–H and O–H groups in total. The number of nitrogens with one attached hydrogen (secondary N) is 1. The Kier molecular flexibility index (Phi) is 3.13. The fourth-order valence-corrected chi connectivity index (χ4v) is 2.22. The van der Waals surface area contributed by atoms with Gasteiger partial charge in [0, 0.05) is 17.3 Å². The van der Waals surface area contributed by atoms with E-state index in [0.717, 1.165) is 36.0 Å². The summed E-state index contributed by atoms with van der Waals surface area (Å²) in [5.41, 5.74) is 2.14. The Morgan fingerprint density at radius 2 is 2.28 bits per heavy atom. The maximum absolute atomic E-state index is 5.55.